The largest absolute Gasteiger partial charge is 0.479 e. The number of aliphatic hydroxyl groups is 2. The van der Waals surface area contributed by atoms with Gasteiger partial charge in [-0.25, -0.2) is 9.59 Å². The highest BCUT2D eigenvalue weighted by Crippen LogP contribution is 2.21. The summed E-state index contributed by atoms with van der Waals surface area (Å²) in [6, 6.07) is 4.70. The van der Waals surface area contributed by atoms with Gasteiger partial charge in [0, 0.05) is 18.4 Å². The molecule has 0 aromatic carbocycles. The van der Waals surface area contributed by atoms with E-state index in [1.807, 2.05) is 18.5 Å². The lowest BCUT2D eigenvalue weighted by molar-refractivity contribution is -0.165. The van der Waals surface area contributed by atoms with Crippen LogP contribution in [0, 0.1) is 0 Å². The van der Waals surface area contributed by atoms with Crippen LogP contribution in [0.4, 0.5) is 0 Å². The van der Waals surface area contributed by atoms with E-state index in [1.165, 1.54) is 24.8 Å². The molecule has 1 saturated heterocycles. The van der Waals surface area contributed by atoms with Gasteiger partial charge in [0.05, 0.1) is 0 Å². The Morgan fingerprint density at radius 3 is 2.23 bits per heavy atom. The lowest BCUT2D eigenvalue weighted by Crippen LogP contribution is -2.39. The number of hydrogen-bond acceptors (Lipinski definition) is 6. The van der Waals surface area contributed by atoms with Crippen molar-refractivity contribution in [2.24, 2.45) is 0 Å². The number of nitrogens with zero attached hydrogens (tertiary/aromatic N) is 1. The maximum Gasteiger partial charge on any atom is 0.335 e. The van der Waals surface area contributed by atoms with Crippen molar-refractivity contribution in [1.82, 2.24) is 10.3 Å². The minimum atomic E-state index is -2.27. The van der Waals surface area contributed by atoms with E-state index in [4.69, 9.17) is 20.4 Å². The molecule has 122 valence electrons. The van der Waals surface area contributed by atoms with Gasteiger partial charge in [0.2, 0.25) is 0 Å². The molecule has 0 bridgehead atoms. The van der Waals surface area contributed by atoms with Crippen LogP contribution in [0.3, 0.4) is 0 Å². The number of piperidine rings is 1. The second-order valence-corrected chi connectivity index (χ2v) is 4.86. The van der Waals surface area contributed by atoms with E-state index in [0.29, 0.717) is 6.04 Å². The molecule has 5 N–H and O–H groups in total. The highest BCUT2D eigenvalue weighted by molar-refractivity contribution is 5.83. The summed E-state index contributed by atoms with van der Waals surface area (Å²) in [5.41, 5.74) is 1.33. The molecule has 2 heterocycles. The third kappa shape index (κ3) is 5.76. The minimum absolute atomic E-state index is 0.549. The predicted octanol–water partition coefficient (Wildman–Crippen LogP) is -0.226. The van der Waals surface area contributed by atoms with E-state index < -0.39 is 24.1 Å². The molecule has 22 heavy (non-hydrogen) atoms. The van der Waals surface area contributed by atoms with Gasteiger partial charge in [0.15, 0.2) is 12.2 Å². The zero-order valence-corrected chi connectivity index (χ0v) is 11.9. The maximum absolute atomic E-state index is 9.77. The first-order valence-electron chi connectivity index (χ1n) is 6.88. The number of aromatic nitrogens is 1. The number of aliphatic carboxylic acids is 2. The second-order valence-electron chi connectivity index (χ2n) is 4.86. The van der Waals surface area contributed by atoms with E-state index in [9.17, 15) is 9.59 Å². The molecule has 8 nitrogen and oxygen atoms in total. The number of hydrogen-bond donors (Lipinski definition) is 5. The zero-order valence-electron chi connectivity index (χ0n) is 11.9. The van der Waals surface area contributed by atoms with Crippen molar-refractivity contribution in [2.75, 3.05) is 6.54 Å². The molecule has 3 atom stereocenters. The fraction of sp³-hybridized carbons (Fsp3) is 0.500. The Labute approximate surface area is 127 Å². The van der Waals surface area contributed by atoms with E-state index in [2.05, 4.69) is 16.4 Å². The highest BCUT2D eigenvalue weighted by atomic mass is 16.4. The number of carboxylic acid groups (broad SMARTS) is 2. The molecule has 0 radical (unpaired) electrons. The standard InChI is InChI=1S/C10H14N2.C4H6O6/c1-2-7-12-10(5-1)9-4-3-6-11-8-9;5-1(3(7)8)2(6)4(9)10/h3-4,6,8,10,12H,1-2,5,7H2;1-2,5-6H,(H,7,8)(H,9,10). The van der Waals surface area contributed by atoms with Crippen molar-refractivity contribution >= 4 is 11.9 Å². The normalized spacial score (nSPS) is 20.2. The maximum atomic E-state index is 9.77. The van der Waals surface area contributed by atoms with Gasteiger partial charge in [0.1, 0.15) is 0 Å². The Morgan fingerprint density at radius 2 is 1.82 bits per heavy atom. The number of carboxylic acids is 2. The summed E-state index contributed by atoms with van der Waals surface area (Å²) in [4.78, 5) is 23.7. The monoisotopic (exact) mass is 312 g/mol. The van der Waals surface area contributed by atoms with Crippen LogP contribution in [0.2, 0.25) is 0 Å². The van der Waals surface area contributed by atoms with Gasteiger partial charge >= 0.3 is 11.9 Å². The van der Waals surface area contributed by atoms with Gasteiger partial charge in [-0.1, -0.05) is 12.5 Å². The molecular formula is C14H20N2O6. The predicted molar refractivity (Wildman–Crippen MR) is 76.1 cm³/mol. The third-order valence-electron chi connectivity index (χ3n) is 3.20. The van der Waals surface area contributed by atoms with Crippen molar-refractivity contribution in [3.63, 3.8) is 0 Å². The average molecular weight is 312 g/mol. The zero-order chi connectivity index (χ0) is 16.5. The molecule has 2 rings (SSSR count). The molecular weight excluding hydrogens is 292 g/mol. The highest BCUT2D eigenvalue weighted by Gasteiger charge is 2.29. The topological polar surface area (TPSA) is 140 Å². The summed E-state index contributed by atoms with van der Waals surface area (Å²) in [5.74, 6) is -3.54. The van der Waals surface area contributed by atoms with Gasteiger partial charge in [-0.3, -0.25) is 4.98 Å². The number of nitrogens with one attached hydrogen (secondary N) is 1. The molecule has 3 unspecified atom stereocenters. The minimum Gasteiger partial charge on any atom is -0.479 e. The number of pyridine rings is 1. The number of rotatable bonds is 4. The molecule has 0 spiro atoms. The lowest BCUT2D eigenvalue weighted by atomic mass is 9.99. The van der Waals surface area contributed by atoms with Crippen LogP contribution in [0.15, 0.2) is 24.5 Å². The first-order chi connectivity index (χ1) is 10.4. The summed E-state index contributed by atoms with van der Waals surface area (Å²) in [7, 11) is 0. The van der Waals surface area contributed by atoms with Gasteiger partial charge in [-0.2, -0.15) is 0 Å². The van der Waals surface area contributed by atoms with Crippen LogP contribution in [0.25, 0.3) is 0 Å². The van der Waals surface area contributed by atoms with Crippen molar-refractivity contribution in [1.29, 1.82) is 0 Å². The Morgan fingerprint density at radius 1 is 1.18 bits per heavy atom. The Hall–Kier alpha value is -2.03. The van der Waals surface area contributed by atoms with E-state index in [1.54, 1.807) is 0 Å². The van der Waals surface area contributed by atoms with Crippen molar-refractivity contribution in [3.05, 3.63) is 30.1 Å². The molecule has 1 aromatic heterocycles. The fourth-order valence-electron chi connectivity index (χ4n) is 1.99. The molecule has 8 heteroatoms. The van der Waals surface area contributed by atoms with E-state index in [-0.39, 0.29) is 0 Å². The number of aliphatic hydroxyl groups excluding tert-OH is 2. The van der Waals surface area contributed by atoms with Crippen LogP contribution in [0.1, 0.15) is 30.9 Å². The van der Waals surface area contributed by atoms with E-state index in [0.717, 1.165) is 6.54 Å². The van der Waals surface area contributed by atoms with Crippen molar-refractivity contribution in [2.45, 2.75) is 37.5 Å². The van der Waals surface area contributed by atoms with Crippen LogP contribution >= 0.6 is 0 Å². The summed E-state index contributed by atoms with van der Waals surface area (Å²) >= 11 is 0. The van der Waals surface area contributed by atoms with Gasteiger partial charge in [0.25, 0.3) is 0 Å². The second kappa shape index (κ2) is 9.08. The van der Waals surface area contributed by atoms with Gasteiger partial charge < -0.3 is 25.7 Å². The Bertz CT molecular complexity index is 457. The third-order valence-corrected chi connectivity index (χ3v) is 3.20. The van der Waals surface area contributed by atoms with Gasteiger partial charge in [-0.15, -0.1) is 0 Å². The Kier molecular flexibility index (Phi) is 7.44. The quantitative estimate of drug-likeness (QED) is 0.514. The van der Waals surface area contributed by atoms with Crippen LogP contribution < -0.4 is 5.32 Å². The lowest BCUT2D eigenvalue weighted by Gasteiger charge is -2.23. The summed E-state index contributed by atoms with van der Waals surface area (Å²) < 4.78 is 0. The Balaban J connectivity index is 0.000000225. The summed E-state index contributed by atoms with van der Waals surface area (Å²) in [5, 5.41) is 36.0. The van der Waals surface area contributed by atoms with Crippen LogP contribution in [-0.4, -0.2) is 56.1 Å². The first kappa shape index (κ1) is 18.0. The SMILES string of the molecule is O=C(O)C(O)C(O)C(=O)O.c1cncc(C2CCCCN2)c1. The molecule has 1 aromatic rings. The average Bonchev–Trinajstić information content (AvgIpc) is 2.55. The first-order valence-corrected chi connectivity index (χ1v) is 6.88. The fourth-order valence-corrected chi connectivity index (χ4v) is 1.99. The van der Waals surface area contributed by atoms with Crippen molar-refractivity contribution in [3.8, 4) is 0 Å². The smallest absolute Gasteiger partial charge is 0.335 e. The van der Waals surface area contributed by atoms with Crippen LogP contribution in [-0.2, 0) is 9.59 Å². The molecule has 0 saturated carbocycles. The summed E-state index contributed by atoms with van der Waals surface area (Å²) in [6.45, 7) is 1.15. The molecule has 0 amide bonds. The summed E-state index contributed by atoms with van der Waals surface area (Å²) in [6.07, 6.45) is 3.17. The molecule has 1 fully saturated rings. The number of carbonyl (C=O) groups is 2. The molecule has 1 aliphatic heterocycles. The van der Waals surface area contributed by atoms with Crippen LogP contribution in [0.5, 0.6) is 0 Å². The van der Waals surface area contributed by atoms with Gasteiger partial charge in [-0.05, 0) is 31.0 Å². The van der Waals surface area contributed by atoms with E-state index >= 15 is 0 Å². The van der Waals surface area contributed by atoms with Crippen molar-refractivity contribution < 1.29 is 30.0 Å². The molecule has 1 aliphatic rings. The molecule has 0 aliphatic carbocycles.